The number of benzene rings is 1. The van der Waals surface area contributed by atoms with Crippen molar-refractivity contribution in [3.63, 3.8) is 0 Å². The van der Waals surface area contributed by atoms with Crippen molar-refractivity contribution >= 4 is 35.5 Å². The van der Waals surface area contributed by atoms with Crippen molar-refractivity contribution in [3.05, 3.63) is 35.9 Å². The first-order chi connectivity index (χ1) is 17.0. The highest BCUT2D eigenvalue weighted by atomic mass is 32.2. The van der Waals surface area contributed by atoms with Crippen LogP contribution in [-0.2, 0) is 25.6 Å². The lowest BCUT2D eigenvalue weighted by molar-refractivity contribution is -0.142. The van der Waals surface area contributed by atoms with E-state index in [1.807, 2.05) is 40.0 Å². The molecule has 5 unspecified atom stereocenters. The third kappa shape index (κ3) is 11.0. The second kappa shape index (κ2) is 16.2. The zero-order chi connectivity index (χ0) is 27.3. The van der Waals surface area contributed by atoms with E-state index in [1.54, 1.807) is 24.3 Å². The lowest BCUT2D eigenvalue weighted by atomic mass is 9.98. The summed E-state index contributed by atoms with van der Waals surface area (Å²) in [5, 5.41) is 17.7. The predicted octanol–water partition coefficient (Wildman–Crippen LogP) is 1.94. The van der Waals surface area contributed by atoms with E-state index in [0.29, 0.717) is 18.6 Å². The maximum Gasteiger partial charge on any atom is 0.326 e. The predicted molar refractivity (Wildman–Crippen MR) is 143 cm³/mol. The first-order valence-corrected chi connectivity index (χ1v) is 13.8. The van der Waals surface area contributed by atoms with Crippen LogP contribution in [0, 0.1) is 11.8 Å². The van der Waals surface area contributed by atoms with Gasteiger partial charge in [-0.3, -0.25) is 14.4 Å². The Morgan fingerprint density at radius 1 is 0.917 bits per heavy atom. The van der Waals surface area contributed by atoms with E-state index in [0.717, 1.165) is 12.0 Å². The van der Waals surface area contributed by atoms with Crippen molar-refractivity contribution in [2.45, 2.75) is 77.5 Å². The van der Waals surface area contributed by atoms with E-state index >= 15 is 0 Å². The van der Waals surface area contributed by atoms with Crippen molar-refractivity contribution in [2.24, 2.45) is 17.6 Å². The number of carboxylic acid groups (broad SMARTS) is 1. The van der Waals surface area contributed by atoms with Crippen LogP contribution in [0.25, 0.3) is 0 Å². The van der Waals surface area contributed by atoms with E-state index in [-0.39, 0.29) is 18.3 Å². The number of thioether (sulfide) groups is 1. The summed E-state index contributed by atoms with van der Waals surface area (Å²) in [5.74, 6) is -2.02. The molecule has 9 nitrogen and oxygen atoms in total. The zero-order valence-corrected chi connectivity index (χ0v) is 22.8. The minimum Gasteiger partial charge on any atom is -0.480 e. The number of hydrogen-bond donors (Lipinski definition) is 5. The quantitative estimate of drug-likeness (QED) is 0.223. The molecule has 1 aromatic carbocycles. The second-order valence-electron chi connectivity index (χ2n) is 9.53. The van der Waals surface area contributed by atoms with Gasteiger partial charge in [0, 0.05) is 6.42 Å². The van der Waals surface area contributed by atoms with Crippen molar-refractivity contribution < 1.29 is 24.3 Å². The Morgan fingerprint density at radius 2 is 1.47 bits per heavy atom. The van der Waals surface area contributed by atoms with Gasteiger partial charge in [-0.05, 0) is 42.2 Å². The number of nitrogens with one attached hydrogen (secondary N) is 3. The lowest BCUT2D eigenvalue weighted by Gasteiger charge is -2.27. The van der Waals surface area contributed by atoms with Gasteiger partial charge in [0.1, 0.15) is 18.1 Å². The molecule has 202 valence electrons. The van der Waals surface area contributed by atoms with Crippen LogP contribution in [0.4, 0.5) is 0 Å². The number of carboxylic acids is 1. The van der Waals surface area contributed by atoms with Crippen LogP contribution in [-0.4, -0.2) is 65.0 Å². The number of carbonyl (C=O) groups excluding carboxylic acids is 3. The van der Waals surface area contributed by atoms with Crippen LogP contribution in [0.1, 0.15) is 52.5 Å². The average Bonchev–Trinajstić information content (AvgIpc) is 2.84. The number of aliphatic carboxylic acids is 1. The van der Waals surface area contributed by atoms with Gasteiger partial charge in [-0.2, -0.15) is 11.8 Å². The van der Waals surface area contributed by atoms with Crippen molar-refractivity contribution in [3.8, 4) is 0 Å². The van der Waals surface area contributed by atoms with Crippen molar-refractivity contribution in [2.75, 3.05) is 12.0 Å². The van der Waals surface area contributed by atoms with E-state index in [1.165, 1.54) is 11.8 Å². The molecule has 0 aromatic heterocycles. The Bertz CT molecular complexity index is 852. The molecule has 5 atom stereocenters. The van der Waals surface area contributed by atoms with Gasteiger partial charge in [0.25, 0.3) is 0 Å². The molecule has 1 rings (SSSR count). The Labute approximate surface area is 218 Å². The Kier molecular flexibility index (Phi) is 14.2. The van der Waals surface area contributed by atoms with E-state index in [4.69, 9.17) is 5.73 Å². The molecular weight excluding hydrogens is 480 g/mol. The fraction of sp³-hybridized carbons (Fsp3) is 0.615. The fourth-order valence-corrected chi connectivity index (χ4v) is 4.05. The minimum absolute atomic E-state index is 0.0497. The molecule has 0 radical (unpaired) electrons. The standard InChI is InChI=1S/C26H42N4O5S/c1-6-17(4)22(27)25(33)28-19(12-13-36-5)23(31)29-20(14-16(2)3)24(32)30-21(26(34)35)15-18-10-8-7-9-11-18/h7-11,16-17,19-22H,6,12-15,27H2,1-5H3,(H,28,33)(H,29,31)(H,30,32)(H,34,35). The first-order valence-electron chi connectivity index (χ1n) is 12.4. The molecule has 0 saturated carbocycles. The van der Waals surface area contributed by atoms with Gasteiger partial charge in [0.2, 0.25) is 17.7 Å². The Hall–Kier alpha value is -2.59. The number of rotatable bonds is 16. The number of carbonyl (C=O) groups is 4. The van der Waals surface area contributed by atoms with Crippen LogP contribution in [0.3, 0.4) is 0 Å². The number of nitrogens with two attached hydrogens (primary N) is 1. The van der Waals surface area contributed by atoms with Crippen LogP contribution >= 0.6 is 11.8 Å². The Balaban J connectivity index is 2.99. The second-order valence-corrected chi connectivity index (χ2v) is 10.5. The van der Waals surface area contributed by atoms with E-state index < -0.39 is 47.9 Å². The van der Waals surface area contributed by atoms with Gasteiger partial charge in [-0.1, -0.05) is 64.4 Å². The molecule has 0 fully saturated rings. The minimum atomic E-state index is -1.16. The largest absolute Gasteiger partial charge is 0.480 e. The number of amides is 3. The summed E-state index contributed by atoms with van der Waals surface area (Å²) >= 11 is 1.53. The molecule has 0 heterocycles. The molecule has 10 heteroatoms. The third-order valence-corrected chi connectivity index (χ3v) is 6.68. The van der Waals surface area contributed by atoms with Gasteiger partial charge >= 0.3 is 5.97 Å². The molecule has 0 saturated heterocycles. The normalized spacial score (nSPS) is 15.3. The average molecular weight is 523 g/mol. The molecule has 3 amide bonds. The van der Waals surface area contributed by atoms with E-state index in [2.05, 4.69) is 16.0 Å². The summed E-state index contributed by atoms with van der Waals surface area (Å²) in [7, 11) is 0. The van der Waals surface area contributed by atoms with Crippen LogP contribution in [0.15, 0.2) is 30.3 Å². The summed E-state index contributed by atoms with van der Waals surface area (Å²) in [6.07, 6.45) is 3.42. The van der Waals surface area contributed by atoms with Gasteiger partial charge in [0.15, 0.2) is 0 Å². The van der Waals surface area contributed by atoms with Crippen LogP contribution in [0.2, 0.25) is 0 Å². The number of hydrogen-bond acceptors (Lipinski definition) is 6. The summed E-state index contributed by atoms with van der Waals surface area (Å²) < 4.78 is 0. The molecule has 0 aliphatic carbocycles. The smallest absolute Gasteiger partial charge is 0.326 e. The molecule has 1 aromatic rings. The highest BCUT2D eigenvalue weighted by Crippen LogP contribution is 2.11. The molecular formula is C26H42N4O5S. The van der Waals surface area contributed by atoms with Gasteiger partial charge in [-0.25, -0.2) is 4.79 Å². The van der Waals surface area contributed by atoms with Crippen LogP contribution in [0.5, 0.6) is 0 Å². The van der Waals surface area contributed by atoms with E-state index in [9.17, 15) is 24.3 Å². The zero-order valence-electron chi connectivity index (χ0n) is 22.0. The fourth-order valence-electron chi connectivity index (χ4n) is 3.58. The third-order valence-electron chi connectivity index (χ3n) is 6.04. The molecule has 36 heavy (non-hydrogen) atoms. The summed E-state index contributed by atoms with van der Waals surface area (Å²) in [4.78, 5) is 50.8. The maximum absolute atomic E-state index is 13.2. The van der Waals surface area contributed by atoms with Gasteiger partial charge in [0.05, 0.1) is 6.04 Å². The molecule has 0 aliphatic rings. The summed E-state index contributed by atoms with van der Waals surface area (Å²) in [6, 6.07) is 5.30. The molecule has 6 N–H and O–H groups in total. The highest BCUT2D eigenvalue weighted by molar-refractivity contribution is 7.98. The van der Waals surface area contributed by atoms with Gasteiger partial charge < -0.3 is 26.8 Å². The SMILES string of the molecule is CCC(C)C(N)C(=O)NC(CCSC)C(=O)NC(CC(C)C)C(=O)NC(Cc1ccccc1)C(=O)O. The van der Waals surface area contributed by atoms with Crippen molar-refractivity contribution in [1.29, 1.82) is 0 Å². The maximum atomic E-state index is 13.2. The van der Waals surface area contributed by atoms with Gasteiger partial charge in [-0.15, -0.1) is 0 Å². The monoisotopic (exact) mass is 522 g/mol. The topological polar surface area (TPSA) is 151 Å². The lowest BCUT2D eigenvalue weighted by Crippen LogP contribution is -2.58. The summed E-state index contributed by atoms with van der Waals surface area (Å²) in [5.41, 5.74) is 6.81. The van der Waals surface area contributed by atoms with Crippen LogP contribution < -0.4 is 21.7 Å². The highest BCUT2D eigenvalue weighted by Gasteiger charge is 2.31. The molecule has 0 bridgehead atoms. The molecule has 0 aliphatic heterocycles. The van der Waals surface area contributed by atoms with Crippen molar-refractivity contribution in [1.82, 2.24) is 16.0 Å². The Morgan fingerprint density at radius 3 is 2.00 bits per heavy atom. The molecule has 0 spiro atoms. The summed E-state index contributed by atoms with van der Waals surface area (Å²) in [6.45, 7) is 7.62. The first kappa shape index (κ1) is 31.4.